The number of anilines is 2. The van der Waals surface area contributed by atoms with E-state index in [0.717, 1.165) is 23.1 Å². The predicted molar refractivity (Wildman–Crippen MR) is 113 cm³/mol. The number of hydrogen-bond donors (Lipinski definition) is 2. The molecule has 156 valence electrons. The zero-order valence-electron chi connectivity index (χ0n) is 16.0. The minimum atomic E-state index is -0.509. The van der Waals surface area contributed by atoms with Crippen molar-refractivity contribution in [1.29, 1.82) is 0 Å². The quantitative estimate of drug-likeness (QED) is 0.400. The van der Waals surface area contributed by atoms with Crippen molar-refractivity contribution in [3.05, 3.63) is 53.8 Å². The summed E-state index contributed by atoms with van der Waals surface area (Å²) in [6, 6.07) is 10.7. The van der Waals surface area contributed by atoms with Crippen molar-refractivity contribution >= 4 is 45.7 Å². The Balaban J connectivity index is 1.57. The van der Waals surface area contributed by atoms with E-state index in [2.05, 4.69) is 20.8 Å². The number of ether oxygens (including phenoxy) is 2. The molecule has 8 nitrogen and oxygen atoms in total. The van der Waals surface area contributed by atoms with Crippen molar-refractivity contribution in [2.75, 3.05) is 30.6 Å². The summed E-state index contributed by atoms with van der Waals surface area (Å²) in [5.74, 6) is -0.370. The number of rotatable bonds is 8. The molecule has 1 aromatic heterocycles. The van der Waals surface area contributed by atoms with Gasteiger partial charge < -0.3 is 14.8 Å². The third kappa shape index (κ3) is 5.45. The second-order valence-electron chi connectivity index (χ2n) is 5.71. The Bertz CT molecular complexity index is 1060. The number of nitrogens with one attached hydrogen (secondary N) is 2. The van der Waals surface area contributed by atoms with E-state index in [4.69, 9.17) is 9.47 Å². The minimum absolute atomic E-state index is 0.0171. The van der Waals surface area contributed by atoms with E-state index >= 15 is 0 Å². The third-order valence-electron chi connectivity index (χ3n) is 3.75. The smallest absolute Gasteiger partial charge is 0.261 e. The summed E-state index contributed by atoms with van der Waals surface area (Å²) in [5.41, 5.74) is 0.425. The molecule has 0 aliphatic heterocycles. The van der Waals surface area contributed by atoms with Gasteiger partial charge >= 0.3 is 0 Å². The summed E-state index contributed by atoms with van der Waals surface area (Å²) >= 11 is 2.25. The van der Waals surface area contributed by atoms with Crippen molar-refractivity contribution < 1.29 is 23.5 Å². The highest BCUT2D eigenvalue weighted by atomic mass is 32.2. The predicted octanol–water partition coefficient (Wildman–Crippen LogP) is 3.68. The van der Waals surface area contributed by atoms with Gasteiger partial charge in [-0.1, -0.05) is 35.2 Å². The molecule has 0 aliphatic rings. The molecule has 0 bridgehead atoms. The Kier molecular flexibility index (Phi) is 7.20. The third-order valence-corrected chi connectivity index (χ3v) is 5.73. The number of aromatic nitrogens is 2. The van der Waals surface area contributed by atoms with Crippen LogP contribution in [-0.2, 0) is 4.79 Å². The second-order valence-corrected chi connectivity index (χ2v) is 7.91. The lowest BCUT2D eigenvalue weighted by Gasteiger charge is -2.09. The summed E-state index contributed by atoms with van der Waals surface area (Å²) in [7, 11) is 2.98. The van der Waals surface area contributed by atoms with Crippen LogP contribution in [0.1, 0.15) is 10.4 Å². The first-order valence-corrected chi connectivity index (χ1v) is 10.3. The van der Waals surface area contributed by atoms with E-state index in [1.807, 2.05) is 0 Å². The number of hydrogen-bond acceptors (Lipinski definition) is 8. The van der Waals surface area contributed by atoms with Crippen molar-refractivity contribution in [2.24, 2.45) is 0 Å². The van der Waals surface area contributed by atoms with Gasteiger partial charge in [0, 0.05) is 6.07 Å². The van der Waals surface area contributed by atoms with Gasteiger partial charge in [0.05, 0.1) is 31.2 Å². The first-order valence-electron chi connectivity index (χ1n) is 8.54. The molecule has 0 saturated carbocycles. The fourth-order valence-electron chi connectivity index (χ4n) is 2.35. The lowest BCUT2D eigenvalue weighted by Crippen LogP contribution is -2.14. The van der Waals surface area contributed by atoms with Crippen molar-refractivity contribution in [1.82, 2.24) is 10.2 Å². The summed E-state index contributed by atoms with van der Waals surface area (Å²) in [6.45, 7) is 0. The van der Waals surface area contributed by atoms with E-state index < -0.39 is 11.7 Å². The van der Waals surface area contributed by atoms with Gasteiger partial charge in [-0.05, 0) is 24.3 Å². The van der Waals surface area contributed by atoms with Gasteiger partial charge in [-0.25, -0.2) is 4.39 Å². The molecule has 2 aromatic carbocycles. The highest BCUT2D eigenvalue weighted by Crippen LogP contribution is 2.28. The monoisotopic (exact) mass is 448 g/mol. The number of halogens is 1. The molecule has 0 spiro atoms. The van der Waals surface area contributed by atoms with Crippen LogP contribution in [0.4, 0.5) is 15.2 Å². The van der Waals surface area contributed by atoms with Crippen LogP contribution >= 0.6 is 23.1 Å². The van der Waals surface area contributed by atoms with E-state index in [-0.39, 0.29) is 22.5 Å². The Labute approximate surface area is 179 Å². The molecule has 3 aromatic rings. The summed E-state index contributed by atoms with van der Waals surface area (Å²) in [5, 5.41) is 13.3. The van der Waals surface area contributed by atoms with Crippen LogP contribution < -0.4 is 20.1 Å². The molecule has 2 amide bonds. The molecule has 0 unspecified atom stereocenters. The molecule has 3 rings (SSSR count). The van der Waals surface area contributed by atoms with Crippen LogP contribution in [0.5, 0.6) is 11.5 Å². The Morgan fingerprint density at radius 1 is 1.10 bits per heavy atom. The van der Waals surface area contributed by atoms with Gasteiger partial charge in [-0.3, -0.25) is 14.9 Å². The van der Waals surface area contributed by atoms with Gasteiger partial charge in [0.1, 0.15) is 17.3 Å². The number of amides is 2. The normalized spacial score (nSPS) is 10.4. The van der Waals surface area contributed by atoms with Crippen LogP contribution in [-0.4, -0.2) is 42.0 Å². The average molecular weight is 449 g/mol. The molecule has 0 saturated heterocycles. The van der Waals surface area contributed by atoms with Gasteiger partial charge in [0.2, 0.25) is 11.0 Å². The van der Waals surface area contributed by atoms with E-state index in [1.165, 1.54) is 26.4 Å². The lowest BCUT2D eigenvalue weighted by atomic mass is 10.2. The molecule has 0 aliphatic carbocycles. The van der Waals surface area contributed by atoms with Gasteiger partial charge in [0.15, 0.2) is 4.34 Å². The number of thioether (sulfide) groups is 1. The topological polar surface area (TPSA) is 102 Å². The molecule has 2 N–H and O–H groups in total. The number of nitrogens with zero attached hydrogens (tertiary/aromatic N) is 2. The number of carbonyl (C=O) groups excluding carboxylic acids is 2. The molecular weight excluding hydrogens is 431 g/mol. The maximum absolute atomic E-state index is 13.6. The van der Waals surface area contributed by atoms with Crippen molar-refractivity contribution in [3.8, 4) is 11.5 Å². The average Bonchev–Trinajstić information content (AvgIpc) is 3.20. The molecule has 30 heavy (non-hydrogen) atoms. The number of carbonyl (C=O) groups is 2. The Morgan fingerprint density at radius 2 is 1.90 bits per heavy atom. The number of para-hydroxylation sites is 1. The molecule has 0 radical (unpaired) electrons. The van der Waals surface area contributed by atoms with Crippen LogP contribution in [0.2, 0.25) is 0 Å². The fourth-order valence-corrected chi connectivity index (χ4v) is 3.89. The molecule has 0 atom stereocenters. The zero-order chi connectivity index (χ0) is 21.5. The van der Waals surface area contributed by atoms with Crippen LogP contribution in [0.3, 0.4) is 0 Å². The number of benzene rings is 2. The highest BCUT2D eigenvalue weighted by molar-refractivity contribution is 8.01. The van der Waals surface area contributed by atoms with E-state index in [1.54, 1.807) is 30.3 Å². The van der Waals surface area contributed by atoms with Crippen molar-refractivity contribution in [2.45, 2.75) is 4.34 Å². The largest absolute Gasteiger partial charge is 0.497 e. The maximum atomic E-state index is 13.6. The van der Waals surface area contributed by atoms with E-state index in [0.29, 0.717) is 21.4 Å². The first-order chi connectivity index (χ1) is 14.5. The molecule has 1 heterocycles. The van der Waals surface area contributed by atoms with Crippen LogP contribution in [0.15, 0.2) is 46.8 Å². The Morgan fingerprint density at radius 3 is 2.63 bits per heavy atom. The standard InChI is InChI=1S/C19H17FN4O4S2/c1-27-11-7-8-12(15(9-11)28-2)17(26)22-18-23-24-19(30-18)29-10-16(25)21-14-6-4-3-5-13(14)20/h3-9H,10H2,1-2H3,(H,21,25)(H,22,23,26). The number of methoxy groups -OCH3 is 2. The maximum Gasteiger partial charge on any atom is 0.261 e. The van der Waals surface area contributed by atoms with Crippen LogP contribution in [0, 0.1) is 5.82 Å². The molecule has 11 heteroatoms. The summed E-state index contributed by atoms with van der Waals surface area (Å²) in [6.07, 6.45) is 0. The SMILES string of the molecule is COc1ccc(C(=O)Nc2nnc(SCC(=O)Nc3ccccc3F)s2)c(OC)c1. The molecular formula is C19H17FN4O4S2. The molecule has 0 fully saturated rings. The minimum Gasteiger partial charge on any atom is -0.497 e. The van der Waals surface area contributed by atoms with Gasteiger partial charge in [-0.2, -0.15) is 0 Å². The summed E-state index contributed by atoms with van der Waals surface area (Å²) in [4.78, 5) is 24.5. The van der Waals surface area contributed by atoms with E-state index in [9.17, 15) is 14.0 Å². The van der Waals surface area contributed by atoms with Gasteiger partial charge in [-0.15, -0.1) is 10.2 Å². The fraction of sp³-hybridized carbons (Fsp3) is 0.158. The highest BCUT2D eigenvalue weighted by Gasteiger charge is 2.16. The van der Waals surface area contributed by atoms with Crippen LogP contribution in [0.25, 0.3) is 0 Å². The Hall–Kier alpha value is -3.18. The summed E-state index contributed by atoms with van der Waals surface area (Å²) < 4.78 is 24.4. The lowest BCUT2D eigenvalue weighted by molar-refractivity contribution is -0.113. The zero-order valence-corrected chi connectivity index (χ0v) is 17.6. The van der Waals surface area contributed by atoms with Gasteiger partial charge in [0.25, 0.3) is 5.91 Å². The second kappa shape index (κ2) is 10.0. The first kappa shape index (κ1) is 21.5. The van der Waals surface area contributed by atoms with Crippen molar-refractivity contribution in [3.63, 3.8) is 0 Å².